The predicted octanol–water partition coefficient (Wildman–Crippen LogP) is 1.09. The summed E-state index contributed by atoms with van der Waals surface area (Å²) in [6.45, 7) is 0.538. The monoisotopic (exact) mass is 285 g/mol. The van der Waals surface area contributed by atoms with Crippen molar-refractivity contribution in [3.05, 3.63) is 39.4 Å². The zero-order valence-electron chi connectivity index (χ0n) is 10.4. The first kappa shape index (κ1) is 13.6. The highest BCUT2D eigenvalue weighted by Gasteiger charge is 2.12. The van der Waals surface area contributed by atoms with E-state index in [0.29, 0.717) is 18.1 Å². The van der Waals surface area contributed by atoms with Crippen LogP contribution < -0.4 is 10.3 Å². The zero-order chi connectivity index (χ0) is 13.8. The van der Waals surface area contributed by atoms with Gasteiger partial charge < -0.3 is 14.0 Å². The SMILES string of the molecule is COCc1cc(Cn2cnc(Cl)c(OC)c2=O)no1. The molecule has 2 heterocycles. The first-order valence-corrected chi connectivity index (χ1v) is 5.75. The van der Waals surface area contributed by atoms with E-state index in [1.165, 1.54) is 18.0 Å². The Morgan fingerprint density at radius 2 is 2.26 bits per heavy atom. The summed E-state index contributed by atoms with van der Waals surface area (Å²) in [4.78, 5) is 15.9. The number of nitrogens with zero attached hydrogens (tertiary/aromatic N) is 3. The van der Waals surface area contributed by atoms with E-state index in [1.54, 1.807) is 13.2 Å². The summed E-state index contributed by atoms with van der Waals surface area (Å²) in [6.07, 6.45) is 1.33. The topological polar surface area (TPSA) is 79.4 Å². The van der Waals surface area contributed by atoms with Gasteiger partial charge in [-0.2, -0.15) is 0 Å². The fourth-order valence-corrected chi connectivity index (χ4v) is 1.75. The summed E-state index contributed by atoms with van der Waals surface area (Å²) in [6, 6.07) is 1.71. The van der Waals surface area contributed by atoms with Gasteiger partial charge in [0.1, 0.15) is 12.3 Å². The van der Waals surface area contributed by atoms with E-state index < -0.39 is 0 Å². The van der Waals surface area contributed by atoms with Crippen molar-refractivity contribution in [2.45, 2.75) is 13.2 Å². The second-order valence-corrected chi connectivity index (χ2v) is 4.08. The Morgan fingerprint density at radius 1 is 1.47 bits per heavy atom. The maximum Gasteiger partial charge on any atom is 0.297 e. The summed E-state index contributed by atoms with van der Waals surface area (Å²) >= 11 is 5.75. The third kappa shape index (κ3) is 2.94. The third-order valence-electron chi connectivity index (χ3n) is 2.38. The van der Waals surface area contributed by atoms with Crippen molar-refractivity contribution in [1.82, 2.24) is 14.7 Å². The fourth-order valence-electron chi connectivity index (χ4n) is 1.55. The van der Waals surface area contributed by atoms with Gasteiger partial charge in [-0.05, 0) is 0 Å². The molecule has 102 valence electrons. The van der Waals surface area contributed by atoms with Crippen LogP contribution in [0.4, 0.5) is 0 Å². The number of rotatable bonds is 5. The quantitative estimate of drug-likeness (QED) is 0.765. The van der Waals surface area contributed by atoms with Crippen LogP contribution in [0.3, 0.4) is 0 Å². The first-order chi connectivity index (χ1) is 9.15. The van der Waals surface area contributed by atoms with Crippen LogP contribution in [0.2, 0.25) is 5.15 Å². The molecule has 8 heteroatoms. The van der Waals surface area contributed by atoms with Gasteiger partial charge in [-0.15, -0.1) is 0 Å². The average Bonchev–Trinajstić information content (AvgIpc) is 2.82. The van der Waals surface area contributed by atoms with Crippen molar-refractivity contribution in [2.75, 3.05) is 14.2 Å². The molecule has 2 aromatic rings. The Labute approximate surface area is 113 Å². The Balaban J connectivity index is 2.25. The maximum absolute atomic E-state index is 12.0. The summed E-state index contributed by atoms with van der Waals surface area (Å²) in [5.41, 5.74) is 0.208. The van der Waals surface area contributed by atoms with Gasteiger partial charge in [0.2, 0.25) is 5.75 Å². The number of aromatic nitrogens is 3. The average molecular weight is 286 g/mol. The number of hydrogen-bond acceptors (Lipinski definition) is 6. The van der Waals surface area contributed by atoms with Gasteiger partial charge in [0.15, 0.2) is 10.9 Å². The molecule has 0 bridgehead atoms. The minimum Gasteiger partial charge on any atom is -0.489 e. The van der Waals surface area contributed by atoms with Crippen LogP contribution in [0.5, 0.6) is 5.75 Å². The van der Waals surface area contributed by atoms with Crippen LogP contribution in [0.1, 0.15) is 11.5 Å². The molecule has 0 aliphatic rings. The maximum atomic E-state index is 12.0. The molecular weight excluding hydrogens is 274 g/mol. The Bertz CT molecular complexity index is 623. The molecule has 0 unspecified atom stereocenters. The second-order valence-electron chi connectivity index (χ2n) is 3.72. The van der Waals surface area contributed by atoms with Crippen molar-refractivity contribution < 1.29 is 14.0 Å². The van der Waals surface area contributed by atoms with Crippen LogP contribution >= 0.6 is 11.6 Å². The van der Waals surface area contributed by atoms with Gasteiger partial charge in [0.05, 0.1) is 20.0 Å². The van der Waals surface area contributed by atoms with E-state index in [4.69, 9.17) is 25.6 Å². The van der Waals surface area contributed by atoms with Gasteiger partial charge >= 0.3 is 0 Å². The number of ether oxygens (including phenoxy) is 2. The predicted molar refractivity (Wildman–Crippen MR) is 66.4 cm³/mol. The molecule has 0 saturated carbocycles. The molecule has 0 aliphatic carbocycles. The third-order valence-corrected chi connectivity index (χ3v) is 2.65. The van der Waals surface area contributed by atoms with E-state index in [-0.39, 0.29) is 23.0 Å². The van der Waals surface area contributed by atoms with Crippen molar-refractivity contribution in [2.24, 2.45) is 0 Å². The first-order valence-electron chi connectivity index (χ1n) is 5.38. The molecule has 0 spiro atoms. The van der Waals surface area contributed by atoms with Gasteiger partial charge in [0.25, 0.3) is 5.56 Å². The van der Waals surface area contributed by atoms with Crippen molar-refractivity contribution in [3.63, 3.8) is 0 Å². The Kier molecular flexibility index (Phi) is 4.18. The minimum atomic E-state index is -0.376. The number of hydrogen-bond donors (Lipinski definition) is 0. The van der Waals surface area contributed by atoms with Gasteiger partial charge in [0, 0.05) is 13.2 Å². The molecule has 2 rings (SSSR count). The normalized spacial score (nSPS) is 10.7. The zero-order valence-corrected chi connectivity index (χ0v) is 11.2. The molecule has 0 radical (unpaired) electrons. The molecular formula is C11H12ClN3O4. The van der Waals surface area contributed by atoms with Gasteiger partial charge in [-0.1, -0.05) is 16.8 Å². The van der Waals surface area contributed by atoms with E-state index in [9.17, 15) is 4.79 Å². The fraction of sp³-hybridized carbons (Fsp3) is 0.364. The lowest BCUT2D eigenvalue weighted by molar-refractivity contribution is 0.155. The van der Waals surface area contributed by atoms with E-state index in [1.807, 2.05) is 0 Å². The highest BCUT2D eigenvalue weighted by molar-refractivity contribution is 6.30. The second kappa shape index (κ2) is 5.85. The van der Waals surface area contributed by atoms with Crippen LogP contribution in [-0.4, -0.2) is 28.9 Å². The Hall–Kier alpha value is -1.86. The van der Waals surface area contributed by atoms with E-state index in [0.717, 1.165) is 0 Å². The number of methoxy groups -OCH3 is 2. The van der Waals surface area contributed by atoms with Crippen molar-refractivity contribution >= 4 is 11.6 Å². The summed E-state index contributed by atoms with van der Waals surface area (Å²) in [5, 5.41) is 3.86. The van der Waals surface area contributed by atoms with Crippen LogP contribution in [0.15, 0.2) is 21.7 Å². The number of halogens is 1. The molecule has 2 aromatic heterocycles. The molecule has 0 aliphatic heterocycles. The van der Waals surface area contributed by atoms with Crippen molar-refractivity contribution in [3.8, 4) is 5.75 Å². The molecule has 19 heavy (non-hydrogen) atoms. The molecule has 0 N–H and O–H groups in total. The minimum absolute atomic E-state index is 0.00442. The molecule has 7 nitrogen and oxygen atoms in total. The summed E-state index contributed by atoms with van der Waals surface area (Å²) in [7, 11) is 2.92. The van der Waals surface area contributed by atoms with E-state index >= 15 is 0 Å². The smallest absolute Gasteiger partial charge is 0.297 e. The summed E-state index contributed by atoms with van der Waals surface area (Å²) < 4.78 is 16.2. The standard InChI is InChI=1S/C11H12ClN3O4/c1-17-5-8-3-7(14-19-8)4-15-6-13-10(12)9(18-2)11(15)16/h3,6H,4-5H2,1-2H3. The molecule has 0 saturated heterocycles. The van der Waals surface area contributed by atoms with E-state index in [2.05, 4.69) is 10.1 Å². The van der Waals surface area contributed by atoms with Gasteiger partial charge in [-0.25, -0.2) is 4.98 Å². The highest BCUT2D eigenvalue weighted by atomic mass is 35.5. The molecule has 0 aromatic carbocycles. The molecule has 0 amide bonds. The lowest BCUT2D eigenvalue weighted by Gasteiger charge is -2.05. The highest BCUT2D eigenvalue weighted by Crippen LogP contribution is 2.15. The molecule has 0 fully saturated rings. The molecule has 0 atom stereocenters. The van der Waals surface area contributed by atoms with Crippen LogP contribution in [-0.2, 0) is 17.9 Å². The van der Waals surface area contributed by atoms with Crippen LogP contribution in [0.25, 0.3) is 0 Å². The van der Waals surface area contributed by atoms with Crippen LogP contribution in [0, 0.1) is 0 Å². The van der Waals surface area contributed by atoms with Crippen molar-refractivity contribution in [1.29, 1.82) is 0 Å². The Morgan fingerprint density at radius 3 is 2.95 bits per heavy atom. The lowest BCUT2D eigenvalue weighted by Crippen LogP contribution is -2.22. The summed E-state index contributed by atoms with van der Waals surface area (Å²) in [5.74, 6) is 0.587. The largest absolute Gasteiger partial charge is 0.489 e. The van der Waals surface area contributed by atoms with Gasteiger partial charge in [-0.3, -0.25) is 9.36 Å². The lowest BCUT2D eigenvalue weighted by atomic mass is 10.3.